The van der Waals surface area contributed by atoms with E-state index in [0.29, 0.717) is 6.04 Å². The molecular formula is C12H16BrN. The van der Waals surface area contributed by atoms with Crippen molar-refractivity contribution in [3.05, 3.63) is 34.3 Å². The first-order valence-corrected chi connectivity index (χ1v) is 6.06. The summed E-state index contributed by atoms with van der Waals surface area (Å²) in [5.74, 6) is 0. The van der Waals surface area contributed by atoms with E-state index < -0.39 is 0 Å². The second-order valence-corrected chi connectivity index (χ2v) is 4.99. The van der Waals surface area contributed by atoms with Gasteiger partial charge in [0.05, 0.1) is 0 Å². The molecule has 0 spiro atoms. The number of nitrogens with one attached hydrogen (secondary N) is 1. The molecule has 1 nitrogen and oxygen atoms in total. The Morgan fingerprint density at radius 2 is 2.21 bits per heavy atom. The number of hydrogen-bond donors (Lipinski definition) is 1. The maximum atomic E-state index is 3.64. The van der Waals surface area contributed by atoms with Gasteiger partial charge in [0.2, 0.25) is 0 Å². The molecule has 1 saturated carbocycles. The van der Waals surface area contributed by atoms with E-state index in [0.717, 1.165) is 10.5 Å². The Kier molecular flexibility index (Phi) is 3.24. The molecule has 1 atom stereocenters. The monoisotopic (exact) mass is 253 g/mol. The van der Waals surface area contributed by atoms with Crippen LogP contribution in [0.2, 0.25) is 0 Å². The summed E-state index contributed by atoms with van der Waals surface area (Å²) in [5, 5.41) is 3.64. The molecule has 1 fully saturated rings. The zero-order valence-electron chi connectivity index (χ0n) is 8.46. The summed E-state index contributed by atoms with van der Waals surface area (Å²) in [5.41, 5.74) is 1.37. The fourth-order valence-corrected chi connectivity index (χ4v) is 2.22. The van der Waals surface area contributed by atoms with Crippen LogP contribution in [0.1, 0.15) is 37.8 Å². The van der Waals surface area contributed by atoms with Crippen LogP contribution in [0, 0.1) is 0 Å². The first-order valence-electron chi connectivity index (χ1n) is 5.27. The molecule has 2 rings (SSSR count). The molecule has 0 bridgehead atoms. The fraction of sp³-hybridized carbons (Fsp3) is 0.500. The average Bonchev–Trinajstić information content (AvgIpc) is 2.11. The lowest BCUT2D eigenvalue weighted by Gasteiger charge is -2.30. The van der Waals surface area contributed by atoms with Crippen LogP contribution < -0.4 is 5.32 Å². The van der Waals surface area contributed by atoms with Crippen molar-refractivity contribution in [1.29, 1.82) is 0 Å². The molecule has 0 aliphatic heterocycles. The standard InChI is InChI=1S/C12H16BrN/c1-9(14-12-6-3-7-12)10-4-2-5-11(13)8-10/h2,4-5,8-9,12,14H,3,6-7H2,1H3/t9-/m1/s1. The van der Waals surface area contributed by atoms with Gasteiger partial charge in [0.15, 0.2) is 0 Å². The SMILES string of the molecule is C[C@@H](NC1CCC1)c1cccc(Br)c1. The quantitative estimate of drug-likeness (QED) is 0.868. The van der Waals surface area contributed by atoms with E-state index >= 15 is 0 Å². The van der Waals surface area contributed by atoms with Gasteiger partial charge in [-0.3, -0.25) is 0 Å². The highest BCUT2D eigenvalue weighted by molar-refractivity contribution is 9.10. The molecule has 2 heteroatoms. The van der Waals surface area contributed by atoms with E-state index in [9.17, 15) is 0 Å². The van der Waals surface area contributed by atoms with Gasteiger partial charge in [-0.1, -0.05) is 34.5 Å². The van der Waals surface area contributed by atoms with Gasteiger partial charge in [0.1, 0.15) is 0 Å². The van der Waals surface area contributed by atoms with Crippen LogP contribution in [-0.4, -0.2) is 6.04 Å². The largest absolute Gasteiger partial charge is 0.307 e. The van der Waals surface area contributed by atoms with Crippen molar-refractivity contribution in [2.75, 3.05) is 0 Å². The predicted octanol–water partition coefficient (Wildman–Crippen LogP) is 3.65. The van der Waals surface area contributed by atoms with Gasteiger partial charge in [0.25, 0.3) is 0 Å². The topological polar surface area (TPSA) is 12.0 Å². The molecule has 0 aromatic heterocycles. The van der Waals surface area contributed by atoms with Gasteiger partial charge in [0, 0.05) is 16.6 Å². The third kappa shape index (κ3) is 2.37. The van der Waals surface area contributed by atoms with Crippen LogP contribution in [0.5, 0.6) is 0 Å². The van der Waals surface area contributed by atoms with Crippen molar-refractivity contribution in [1.82, 2.24) is 5.32 Å². The van der Waals surface area contributed by atoms with E-state index in [2.05, 4.69) is 52.4 Å². The van der Waals surface area contributed by atoms with Gasteiger partial charge in [-0.15, -0.1) is 0 Å². The summed E-state index contributed by atoms with van der Waals surface area (Å²) in [6.45, 7) is 2.24. The Labute approximate surface area is 94.0 Å². The van der Waals surface area contributed by atoms with Gasteiger partial charge < -0.3 is 5.32 Å². The van der Waals surface area contributed by atoms with E-state index in [1.807, 2.05) is 0 Å². The lowest BCUT2D eigenvalue weighted by molar-refractivity contribution is 0.313. The second-order valence-electron chi connectivity index (χ2n) is 4.07. The molecule has 76 valence electrons. The van der Waals surface area contributed by atoms with Crippen LogP contribution in [0.3, 0.4) is 0 Å². The van der Waals surface area contributed by atoms with Crippen LogP contribution >= 0.6 is 15.9 Å². The highest BCUT2D eigenvalue weighted by Gasteiger charge is 2.19. The average molecular weight is 254 g/mol. The minimum Gasteiger partial charge on any atom is -0.307 e. The molecule has 1 aliphatic rings. The molecule has 0 saturated heterocycles. The molecule has 0 amide bonds. The number of halogens is 1. The summed E-state index contributed by atoms with van der Waals surface area (Å²) < 4.78 is 1.16. The van der Waals surface area contributed by atoms with Crippen LogP contribution in [0.4, 0.5) is 0 Å². The summed E-state index contributed by atoms with van der Waals surface area (Å²) in [7, 11) is 0. The highest BCUT2D eigenvalue weighted by Crippen LogP contribution is 2.23. The van der Waals surface area contributed by atoms with Crippen molar-refractivity contribution in [2.45, 2.75) is 38.3 Å². The zero-order chi connectivity index (χ0) is 9.97. The Hall–Kier alpha value is -0.340. The first-order chi connectivity index (χ1) is 6.75. The fourth-order valence-electron chi connectivity index (χ4n) is 1.80. The van der Waals surface area contributed by atoms with E-state index in [1.54, 1.807) is 0 Å². The van der Waals surface area contributed by atoms with Crippen molar-refractivity contribution >= 4 is 15.9 Å². The lowest BCUT2D eigenvalue weighted by atomic mass is 9.92. The summed E-state index contributed by atoms with van der Waals surface area (Å²) in [6, 6.07) is 9.76. The van der Waals surface area contributed by atoms with Crippen molar-refractivity contribution < 1.29 is 0 Å². The summed E-state index contributed by atoms with van der Waals surface area (Å²) in [6.07, 6.45) is 4.08. The smallest absolute Gasteiger partial charge is 0.0294 e. The van der Waals surface area contributed by atoms with Crippen molar-refractivity contribution in [3.63, 3.8) is 0 Å². The van der Waals surface area contributed by atoms with Gasteiger partial charge >= 0.3 is 0 Å². The van der Waals surface area contributed by atoms with Crippen molar-refractivity contribution in [2.24, 2.45) is 0 Å². The molecular weight excluding hydrogens is 238 g/mol. The Balaban J connectivity index is 1.98. The first kappa shape index (κ1) is 10.2. The molecule has 1 N–H and O–H groups in total. The Morgan fingerprint density at radius 1 is 1.43 bits per heavy atom. The van der Waals surface area contributed by atoms with Gasteiger partial charge in [-0.2, -0.15) is 0 Å². The summed E-state index contributed by atoms with van der Waals surface area (Å²) >= 11 is 3.50. The van der Waals surface area contributed by atoms with E-state index in [-0.39, 0.29) is 0 Å². The third-order valence-electron chi connectivity index (χ3n) is 2.94. The van der Waals surface area contributed by atoms with Crippen LogP contribution in [-0.2, 0) is 0 Å². The number of benzene rings is 1. The van der Waals surface area contributed by atoms with Crippen LogP contribution in [0.15, 0.2) is 28.7 Å². The third-order valence-corrected chi connectivity index (χ3v) is 3.43. The molecule has 1 aliphatic carbocycles. The number of rotatable bonds is 3. The van der Waals surface area contributed by atoms with E-state index in [4.69, 9.17) is 0 Å². The normalized spacial score (nSPS) is 19.0. The summed E-state index contributed by atoms with van der Waals surface area (Å²) in [4.78, 5) is 0. The molecule has 14 heavy (non-hydrogen) atoms. The molecule has 1 aromatic carbocycles. The second kappa shape index (κ2) is 4.45. The van der Waals surface area contributed by atoms with Gasteiger partial charge in [-0.25, -0.2) is 0 Å². The minimum absolute atomic E-state index is 0.470. The maximum absolute atomic E-state index is 3.64. The van der Waals surface area contributed by atoms with Crippen LogP contribution in [0.25, 0.3) is 0 Å². The molecule has 0 heterocycles. The Bertz CT molecular complexity index is 307. The maximum Gasteiger partial charge on any atom is 0.0294 e. The molecule has 1 aromatic rings. The molecule has 0 radical (unpaired) electrons. The number of hydrogen-bond acceptors (Lipinski definition) is 1. The van der Waals surface area contributed by atoms with Crippen molar-refractivity contribution in [3.8, 4) is 0 Å². The van der Waals surface area contributed by atoms with Gasteiger partial charge in [-0.05, 0) is 37.5 Å². The minimum atomic E-state index is 0.470. The zero-order valence-corrected chi connectivity index (χ0v) is 10.0. The predicted molar refractivity (Wildman–Crippen MR) is 63.3 cm³/mol. The Morgan fingerprint density at radius 3 is 2.79 bits per heavy atom. The lowest BCUT2D eigenvalue weighted by Crippen LogP contribution is -2.36. The highest BCUT2D eigenvalue weighted by atomic mass is 79.9. The molecule has 0 unspecified atom stereocenters. The van der Waals surface area contributed by atoms with E-state index in [1.165, 1.54) is 24.8 Å².